The van der Waals surface area contributed by atoms with Gasteiger partial charge in [-0.3, -0.25) is 14.4 Å². The lowest BCUT2D eigenvalue weighted by Crippen LogP contribution is -1.95. The number of hydrogen-bond acceptors (Lipinski definition) is 4. The first-order chi connectivity index (χ1) is 13.2. The Bertz CT molecular complexity index is 1310. The first-order valence-electron chi connectivity index (χ1n) is 8.53. The predicted octanol–water partition coefficient (Wildman–Crippen LogP) is 5.08. The van der Waals surface area contributed by atoms with E-state index in [1.54, 1.807) is 6.20 Å². The molecule has 5 rings (SSSR count). The molecule has 0 unspecified atom stereocenters. The fourth-order valence-electron chi connectivity index (χ4n) is 3.21. The number of aryl methyl sites for hydroxylation is 1. The molecular weight excluding hydrogens is 402 g/mol. The summed E-state index contributed by atoms with van der Waals surface area (Å²) in [5.74, 6) is 0. The molecule has 5 heterocycles. The highest BCUT2D eigenvalue weighted by Gasteiger charge is 2.18. The molecule has 0 radical (unpaired) electrons. The van der Waals surface area contributed by atoms with Crippen LogP contribution >= 0.6 is 15.9 Å². The molecule has 0 fully saturated rings. The van der Waals surface area contributed by atoms with Crippen LogP contribution in [0.3, 0.4) is 0 Å². The van der Waals surface area contributed by atoms with Gasteiger partial charge in [-0.1, -0.05) is 12.1 Å². The van der Waals surface area contributed by atoms with E-state index in [0.29, 0.717) is 0 Å². The van der Waals surface area contributed by atoms with Crippen molar-refractivity contribution in [1.82, 2.24) is 24.3 Å². The topological polar surface area (TPSA) is 56.0 Å². The fraction of sp³-hybridized carbons (Fsp3) is 0.0476. The van der Waals surface area contributed by atoms with Crippen molar-refractivity contribution in [2.24, 2.45) is 0 Å². The lowest BCUT2D eigenvalue weighted by molar-refractivity contribution is 1.17. The zero-order valence-electron chi connectivity index (χ0n) is 14.5. The normalized spacial score (nSPS) is 11.3. The van der Waals surface area contributed by atoms with Crippen LogP contribution in [0.1, 0.15) is 5.69 Å². The van der Waals surface area contributed by atoms with E-state index in [2.05, 4.69) is 30.3 Å². The highest BCUT2D eigenvalue weighted by Crippen LogP contribution is 2.32. The number of fused-ring (bicyclic) bond motifs is 2. The average Bonchev–Trinajstić information content (AvgIpc) is 3.07. The monoisotopic (exact) mass is 415 g/mol. The van der Waals surface area contributed by atoms with Crippen molar-refractivity contribution in [3.8, 4) is 22.8 Å². The van der Waals surface area contributed by atoms with Crippen molar-refractivity contribution in [3.63, 3.8) is 0 Å². The SMILES string of the molecule is Cc1cccc(-c2nc3ccccn3c2-c2ccc3ncc(Br)cc3n2)n1. The maximum Gasteiger partial charge on any atom is 0.138 e. The molecule has 5 nitrogen and oxygen atoms in total. The van der Waals surface area contributed by atoms with Gasteiger partial charge in [0.15, 0.2) is 0 Å². The van der Waals surface area contributed by atoms with Crippen LogP contribution in [0.2, 0.25) is 0 Å². The predicted molar refractivity (Wildman–Crippen MR) is 109 cm³/mol. The van der Waals surface area contributed by atoms with Crippen molar-refractivity contribution in [3.05, 3.63) is 77.2 Å². The first kappa shape index (κ1) is 16.1. The largest absolute Gasteiger partial charge is 0.298 e. The van der Waals surface area contributed by atoms with Crippen molar-refractivity contribution < 1.29 is 0 Å². The van der Waals surface area contributed by atoms with Crippen LogP contribution in [0, 0.1) is 6.92 Å². The second kappa shape index (κ2) is 6.25. The van der Waals surface area contributed by atoms with Crippen LogP contribution in [0.25, 0.3) is 39.5 Å². The van der Waals surface area contributed by atoms with Crippen molar-refractivity contribution in [1.29, 1.82) is 0 Å². The Labute approximate surface area is 163 Å². The Balaban J connectivity index is 1.83. The average molecular weight is 416 g/mol. The third-order valence-corrected chi connectivity index (χ3v) is 4.84. The maximum atomic E-state index is 4.86. The van der Waals surface area contributed by atoms with Crippen molar-refractivity contribution in [2.75, 3.05) is 0 Å². The third kappa shape index (κ3) is 2.78. The summed E-state index contributed by atoms with van der Waals surface area (Å²) in [5.41, 5.74) is 6.91. The number of pyridine rings is 4. The standard InChI is InChI=1S/C21H14BrN5/c1-13-5-4-6-16(24-13)20-21(27-10-3-2-7-19(27)26-20)17-9-8-15-18(25-17)11-14(22)12-23-15/h2-12H,1H3. The smallest absolute Gasteiger partial charge is 0.138 e. The molecule has 0 aliphatic heterocycles. The number of hydrogen-bond donors (Lipinski definition) is 0. The van der Waals surface area contributed by atoms with E-state index in [1.807, 2.05) is 67.7 Å². The van der Waals surface area contributed by atoms with Crippen molar-refractivity contribution >= 4 is 32.6 Å². The van der Waals surface area contributed by atoms with Gasteiger partial charge in [-0.2, -0.15) is 0 Å². The molecule has 130 valence electrons. The molecule has 0 aliphatic carbocycles. The molecule has 5 aromatic heterocycles. The van der Waals surface area contributed by atoms with E-state index in [4.69, 9.17) is 9.97 Å². The van der Waals surface area contributed by atoms with E-state index in [0.717, 1.165) is 49.6 Å². The Morgan fingerprint density at radius 3 is 2.67 bits per heavy atom. The number of halogens is 1. The molecule has 0 bridgehead atoms. The van der Waals surface area contributed by atoms with Crippen LogP contribution in [0.15, 0.2) is 71.5 Å². The summed E-state index contributed by atoms with van der Waals surface area (Å²) in [4.78, 5) is 18.8. The lowest BCUT2D eigenvalue weighted by atomic mass is 10.1. The van der Waals surface area contributed by atoms with Gasteiger partial charge in [-0.05, 0) is 65.3 Å². The minimum atomic E-state index is 0.819. The molecule has 0 aromatic carbocycles. The van der Waals surface area contributed by atoms with E-state index >= 15 is 0 Å². The summed E-state index contributed by atoms with van der Waals surface area (Å²) < 4.78 is 2.96. The highest BCUT2D eigenvalue weighted by molar-refractivity contribution is 9.10. The van der Waals surface area contributed by atoms with Gasteiger partial charge in [0.25, 0.3) is 0 Å². The first-order valence-corrected chi connectivity index (χ1v) is 9.32. The van der Waals surface area contributed by atoms with Crippen molar-refractivity contribution in [2.45, 2.75) is 6.92 Å². The van der Waals surface area contributed by atoms with Gasteiger partial charge < -0.3 is 0 Å². The number of rotatable bonds is 2. The minimum absolute atomic E-state index is 0.819. The van der Waals surface area contributed by atoms with Crippen LogP contribution in [-0.2, 0) is 0 Å². The van der Waals surface area contributed by atoms with Crippen LogP contribution in [-0.4, -0.2) is 24.3 Å². The molecule has 0 aliphatic rings. The van der Waals surface area contributed by atoms with Gasteiger partial charge in [-0.25, -0.2) is 9.97 Å². The summed E-state index contributed by atoms with van der Waals surface area (Å²) >= 11 is 3.47. The molecule has 0 saturated heterocycles. The van der Waals surface area contributed by atoms with Gasteiger partial charge in [0, 0.05) is 22.6 Å². The Kier molecular flexibility index (Phi) is 3.72. The third-order valence-electron chi connectivity index (χ3n) is 4.41. The van der Waals surface area contributed by atoms with E-state index in [9.17, 15) is 0 Å². The van der Waals surface area contributed by atoms with Crippen LogP contribution in [0.4, 0.5) is 0 Å². The zero-order chi connectivity index (χ0) is 18.4. The van der Waals surface area contributed by atoms with Gasteiger partial charge in [-0.15, -0.1) is 0 Å². The zero-order valence-corrected chi connectivity index (χ0v) is 16.1. The van der Waals surface area contributed by atoms with Gasteiger partial charge in [0.2, 0.25) is 0 Å². The quantitative estimate of drug-likeness (QED) is 0.403. The lowest BCUT2D eigenvalue weighted by Gasteiger charge is -2.06. The Morgan fingerprint density at radius 2 is 1.78 bits per heavy atom. The van der Waals surface area contributed by atoms with E-state index < -0.39 is 0 Å². The molecule has 0 N–H and O–H groups in total. The highest BCUT2D eigenvalue weighted by atomic mass is 79.9. The molecule has 0 saturated carbocycles. The Hall–Kier alpha value is -3.12. The molecular formula is C21H14BrN5. The fourth-order valence-corrected chi connectivity index (χ4v) is 3.53. The summed E-state index contributed by atoms with van der Waals surface area (Å²) in [6.45, 7) is 1.98. The summed E-state index contributed by atoms with van der Waals surface area (Å²) in [6.07, 6.45) is 3.78. The summed E-state index contributed by atoms with van der Waals surface area (Å²) in [5, 5.41) is 0. The van der Waals surface area contributed by atoms with E-state index in [-0.39, 0.29) is 0 Å². The van der Waals surface area contributed by atoms with Gasteiger partial charge >= 0.3 is 0 Å². The second-order valence-electron chi connectivity index (χ2n) is 6.29. The summed E-state index contributed by atoms with van der Waals surface area (Å²) in [7, 11) is 0. The molecule has 5 aromatic rings. The summed E-state index contributed by atoms with van der Waals surface area (Å²) in [6, 6.07) is 17.9. The number of nitrogens with zero attached hydrogens (tertiary/aromatic N) is 5. The Morgan fingerprint density at radius 1 is 0.852 bits per heavy atom. The second-order valence-corrected chi connectivity index (χ2v) is 7.21. The molecule has 0 amide bonds. The molecule has 6 heteroatoms. The maximum absolute atomic E-state index is 4.86. The molecule has 0 atom stereocenters. The minimum Gasteiger partial charge on any atom is -0.298 e. The molecule has 0 spiro atoms. The van der Waals surface area contributed by atoms with E-state index in [1.165, 1.54) is 0 Å². The number of aromatic nitrogens is 5. The number of imidazole rings is 1. The van der Waals surface area contributed by atoms with Gasteiger partial charge in [0.1, 0.15) is 17.0 Å². The van der Waals surface area contributed by atoms with Crippen LogP contribution < -0.4 is 0 Å². The van der Waals surface area contributed by atoms with Crippen LogP contribution in [0.5, 0.6) is 0 Å². The molecule has 27 heavy (non-hydrogen) atoms. The van der Waals surface area contributed by atoms with Gasteiger partial charge in [0.05, 0.1) is 22.4 Å².